The number of carbonyl (C=O) groups is 3. The van der Waals surface area contributed by atoms with Gasteiger partial charge in [0.2, 0.25) is 0 Å². The van der Waals surface area contributed by atoms with Gasteiger partial charge in [-0.15, -0.1) is 0 Å². The Morgan fingerprint density at radius 1 is 1.35 bits per heavy atom. The normalized spacial score (nSPS) is 10.5. The Morgan fingerprint density at radius 2 is 2.04 bits per heavy atom. The molecule has 0 saturated heterocycles. The maximum absolute atomic E-state index is 12.4. The summed E-state index contributed by atoms with van der Waals surface area (Å²) in [6.07, 6.45) is 0.328. The summed E-state index contributed by atoms with van der Waals surface area (Å²) in [5.74, 6) is -1.44. The van der Waals surface area contributed by atoms with Crippen LogP contribution >= 0.6 is 0 Å². The lowest BCUT2D eigenvalue weighted by Crippen LogP contribution is -2.32. The number of ether oxygens (including phenoxy) is 2. The van der Waals surface area contributed by atoms with Crippen molar-refractivity contribution in [3.05, 3.63) is 41.6 Å². The lowest BCUT2D eigenvalue weighted by atomic mass is 10.1. The minimum absolute atomic E-state index is 0.0655. The summed E-state index contributed by atoms with van der Waals surface area (Å²) in [5.41, 5.74) is 5.38. The van der Waals surface area contributed by atoms with E-state index in [0.717, 1.165) is 11.1 Å². The number of rotatable bonds is 7. The van der Waals surface area contributed by atoms with Crippen LogP contribution in [0.25, 0.3) is 0 Å². The Balaban J connectivity index is 3.07. The first-order chi connectivity index (χ1) is 12.5. The van der Waals surface area contributed by atoms with Crippen molar-refractivity contribution in [3.63, 3.8) is 0 Å². The number of hydrogen-bond donors (Lipinski definition) is 2. The number of anilines is 1. The van der Waals surface area contributed by atoms with Crippen LogP contribution in [0.1, 0.15) is 17.3 Å². The van der Waals surface area contributed by atoms with Crippen molar-refractivity contribution >= 4 is 23.7 Å². The Hall–Kier alpha value is -3.38. The van der Waals surface area contributed by atoms with Crippen molar-refractivity contribution in [2.24, 2.45) is 5.73 Å². The number of amides is 2. The zero-order chi connectivity index (χ0) is 19.5. The van der Waals surface area contributed by atoms with Crippen LogP contribution < -0.4 is 11.1 Å². The number of carbonyl (C=O) groups excluding carboxylic acids is 3. The molecule has 9 nitrogen and oxygen atoms in total. The first-order valence-corrected chi connectivity index (χ1v) is 7.72. The molecule has 1 aromatic rings. The number of nitriles is 1. The molecular weight excluding hydrogens is 340 g/mol. The fourth-order valence-corrected chi connectivity index (χ4v) is 1.92. The van der Waals surface area contributed by atoms with E-state index in [1.54, 1.807) is 25.1 Å². The molecule has 3 N–H and O–H groups in total. The van der Waals surface area contributed by atoms with Crippen molar-refractivity contribution in [3.8, 4) is 6.07 Å². The molecule has 1 rings (SSSR count). The Morgan fingerprint density at radius 3 is 2.62 bits per heavy atom. The second-order valence-corrected chi connectivity index (χ2v) is 4.83. The highest BCUT2D eigenvalue weighted by Gasteiger charge is 2.19. The summed E-state index contributed by atoms with van der Waals surface area (Å²) in [6.45, 7) is 1.94. The first-order valence-electron chi connectivity index (χ1n) is 7.72. The first kappa shape index (κ1) is 20.7. The molecule has 0 atom stereocenters. The molecule has 0 bridgehead atoms. The Labute approximate surface area is 151 Å². The highest BCUT2D eigenvalue weighted by atomic mass is 16.6. The van der Waals surface area contributed by atoms with Crippen molar-refractivity contribution in [2.45, 2.75) is 6.92 Å². The van der Waals surface area contributed by atoms with Crippen LogP contribution in [0, 0.1) is 11.3 Å². The molecule has 0 fully saturated rings. The van der Waals surface area contributed by atoms with Gasteiger partial charge in [-0.05, 0) is 19.1 Å². The monoisotopic (exact) mass is 360 g/mol. The maximum atomic E-state index is 12.4. The minimum atomic E-state index is -0.796. The second-order valence-electron chi connectivity index (χ2n) is 4.83. The zero-order valence-electron chi connectivity index (χ0n) is 14.5. The van der Waals surface area contributed by atoms with Gasteiger partial charge in [-0.3, -0.25) is 9.69 Å². The maximum Gasteiger partial charge on any atom is 0.413 e. The van der Waals surface area contributed by atoms with E-state index < -0.39 is 18.0 Å². The van der Waals surface area contributed by atoms with Crippen LogP contribution in [0.3, 0.4) is 0 Å². The zero-order valence-corrected chi connectivity index (χ0v) is 14.5. The van der Waals surface area contributed by atoms with E-state index >= 15 is 0 Å². The van der Waals surface area contributed by atoms with Gasteiger partial charge >= 0.3 is 12.1 Å². The van der Waals surface area contributed by atoms with Gasteiger partial charge in [-0.25, -0.2) is 9.59 Å². The Kier molecular flexibility index (Phi) is 8.33. The van der Waals surface area contributed by atoms with Gasteiger partial charge in [0, 0.05) is 19.3 Å². The van der Waals surface area contributed by atoms with E-state index in [1.807, 2.05) is 0 Å². The number of nitrogens with zero attached hydrogens (tertiary/aromatic N) is 2. The molecule has 1 aromatic carbocycles. The molecule has 26 heavy (non-hydrogen) atoms. The lowest BCUT2D eigenvalue weighted by Gasteiger charge is -2.17. The molecular formula is C17H20N4O5. The van der Waals surface area contributed by atoms with Crippen LogP contribution in [-0.2, 0) is 14.3 Å². The van der Waals surface area contributed by atoms with Crippen molar-refractivity contribution in [1.29, 1.82) is 5.26 Å². The molecule has 0 saturated carbocycles. The molecule has 138 valence electrons. The van der Waals surface area contributed by atoms with E-state index in [-0.39, 0.29) is 36.5 Å². The summed E-state index contributed by atoms with van der Waals surface area (Å²) >= 11 is 0. The fraction of sp³-hybridized carbons (Fsp3) is 0.294. The molecule has 2 amide bonds. The average molecular weight is 360 g/mol. The van der Waals surface area contributed by atoms with Gasteiger partial charge in [-0.1, -0.05) is 12.1 Å². The minimum Gasteiger partial charge on any atom is -0.465 e. The van der Waals surface area contributed by atoms with E-state index in [1.165, 1.54) is 19.2 Å². The van der Waals surface area contributed by atoms with E-state index in [2.05, 4.69) is 10.1 Å². The number of hydrogen-bond acceptors (Lipinski definition) is 7. The second kappa shape index (κ2) is 10.5. The molecule has 0 spiro atoms. The molecule has 0 aliphatic rings. The fourth-order valence-electron chi connectivity index (χ4n) is 1.92. The Bertz CT molecular complexity index is 739. The van der Waals surface area contributed by atoms with Gasteiger partial charge in [-0.2, -0.15) is 5.26 Å². The number of nitrogens with two attached hydrogens (primary N) is 1. The van der Waals surface area contributed by atoms with Gasteiger partial charge in [0.05, 0.1) is 25.0 Å². The molecule has 9 heteroatoms. The summed E-state index contributed by atoms with van der Waals surface area (Å²) in [7, 11) is 1.21. The number of benzene rings is 1. The largest absolute Gasteiger partial charge is 0.465 e. The molecule has 0 heterocycles. The molecule has 0 aliphatic heterocycles. The van der Waals surface area contributed by atoms with Crippen molar-refractivity contribution in [1.82, 2.24) is 4.90 Å². The number of nitrogens with one attached hydrogen (secondary N) is 1. The molecule has 0 unspecified atom stereocenters. The molecule has 0 aromatic heterocycles. The molecule has 0 aliphatic carbocycles. The summed E-state index contributed by atoms with van der Waals surface area (Å²) in [4.78, 5) is 37.0. The van der Waals surface area contributed by atoms with Crippen molar-refractivity contribution < 1.29 is 23.9 Å². The predicted octanol–water partition coefficient (Wildman–Crippen LogP) is 1.24. The summed E-state index contributed by atoms with van der Waals surface area (Å²) in [5, 5.41) is 11.7. The van der Waals surface area contributed by atoms with E-state index in [9.17, 15) is 19.6 Å². The number of methoxy groups -OCH3 is 1. The van der Waals surface area contributed by atoms with Crippen LogP contribution in [0.15, 0.2) is 36.0 Å². The van der Waals surface area contributed by atoms with Gasteiger partial charge in [0.25, 0.3) is 5.91 Å². The number of para-hydroxylation sites is 1. The highest BCUT2D eigenvalue weighted by Crippen LogP contribution is 2.17. The van der Waals surface area contributed by atoms with Crippen LogP contribution in [0.4, 0.5) is 10.5 Å². The summed E-state index contributed by atoms with van der Waals surface area (Å²) in [6, 6.07) is 7.88. The predicted molar refractivity (Wildman–Crippen MR) is 92.9 cm³/mol. The van der Waals surface area contributed by atoms with Crippen LogP contribution in [0.2, 0.25) is 0 Å². The lowest BCUT2D eigenvalue weighted by molar-refractivity contribution is -0.112. The third-order valence-corrected chi connectivity index (χ3v) is 3.10. The number of esters is 1. The SMILES string of the molecule is CCOC(=O)N(/C=C(/C#N)C(=O)Nc1ccccc1C(=O)OC)CCN. The summed E-state index contributed by atoms with van der Waals surface area (Å²) < 4.78 is 9.50. The van der Waals surface area contributed by atoms with Crippen LogP contribution in [-0.4, -0.2) is 49.7 Å². The average Bonchev–Trinajstić information content (AvgIpc) is 2.64. The van der Waals surface area contributed by atoms with E-state index in [0.29, 0.717) is 0 Å². The highest BCUT2D eigenvalue weighted by molar-refractivity contribution is 6.09. The van der Waals surface area contributed by atoms with E-state index in [4.69, 9.17) is 10.5 Å². The van der Waals surface area contributed by atoms with Crippen LogP contribution in [0.5, 0.6) is 0 Å². The smallest absolute Gasteiger partial charge is 0.413 e. The van der Waals surface area contributed by atoms with Crippen molar-refractivity contribution in [2.75, 3.05) is 32.1 Å². The third kappa shape index (κ3) is 5.61. The standard InChI is InChI=1S/C17H20N4O5/c1-3-26-17(24)21(9-8-18)11-12(10-19)15(22)20-14-7-5-4-6-13(14)16(23)25-2/h4-7,11H,3,8-9,18H2,1-2H3,(H,20,22)/b12-11-. The topological polar surface area (TPSA) is 135 Å². The molecule has 0 radical (unpaired) electrons. The van der Waals surface area contributed by atoms with Gasteiger partial charge < -0.3 is 20.5 Å². The van der Waals surface area contributed by atoms with Gasteiger partial charge in [0.15, 0.2) is 0 Å². The third-order valence-electron chi connectivity index (χ3n) is 3.10. The van der Waals surface area contributed by atoms with Gasteiger partial charge in [0.1, 0.15) is 11.6 Å². The quantitative estimate of drug-likeness (QED) is 0.424.